The standard InChI is InChI=1S/C15H30NO2PS/c1-7-14(4)18-11-9-13(3)16-19(5,6)20-12-10-15(17)8-2/h8,13-14,16H,2,5,7,9-12H2,1,3-4,6H3. The Morgan fingerprint density at radius 1 is 1.50 bits per heavy atom. The Kier molecular flexibility index (Phi) is 10.7. The van der Waals surface area contributed by atoms with Gasteiger partial charge in [-0.25, -0.2) is 0 Å². The summed E-state index contributed by atoms with van der Waals surface area (Å²) in [5.41, 5.74) is 0. The molecule has 0 bridgehead atoms. The fourth-order valence-electron chi connectivity index (χ4n) is 1.58. The van der Waals surface area contributed by atoms with E-state index in [-0.39, 0.29) is 5.78 Å². The predicted octanol–water partition coefficient (Wildman–Crippen LogP) is 3.96. The van der Waals surface area contributed by atoms with E-state index in [1.807, 2.05) is 0 Å². The third-order valence-electron chi connectivity index (χ3n) is 2.97. The number of carbonyl (C=O) groups is 1. The fraction of sp³-hybridized carbons (Fsp3) is 0.733. The molecule has 0 aromatic heterocycles. The Bertz CT molecular complexity index is 347. The van der Waals surface area contributed by atoms with E-state index in [1.54, 1.807) is 11.4 Å². The van der Waals surface area contributed by atoms with Gasteiger partial charge in [0.25, 0.3) is 0 Å². The zero-order valence-corrected chi connectivity index (χ0v) is 15.1. The highest BCUT2D eigenvalue weighted by atomic mass is 32.7. The van der Waals surface area contributed by atoms with Crippen molar-refractivity contribution in [3.8, 4) is 0 Å². The van der Waals surface area contributed by atoms with Crippen molar-refractivity contribution in [1.29, 1.82) is 0 Å². The molecular weight excluding hydrogens is 289 g/mol. The number of carbonyl (C=O) groups excluding carboxylic acids is 1. The van der Waals surface area contributed by atoms with Gasteiger partial charge in [-0.15, -0.1) is 11.4 Å². The molecule has 0 radical (unpaired) electrons. The lowest BCUT2D eigenvalue weighted by Gasteiger charge is -2.25. The predicted molar refractivity (Wildman–Crippen MR) is 95.2 cm³/mol. The second-order valence-electron chi connectivity index (χ2n) is 5.26. The van der Waals surface area contributed by atoms with Gasteiger partial charge in [-0.3, -0.25) is 9.88 Å². The molecule has 0 saturated heterocycles. The number of hydrogen-bond acceptors (Lipinski definition) is 4. The highest BCUT2D eigenvalue weighted by molar-refractivity contribution is 8.60. The molecule has 0 aromatic carbocycles. The van der Waals surface area contributed by atoms with Gasteiger partial charge in [0.2, 0.25) is 0 Å². The number of ketones is 1. The summed E-state index contributed by atoms with van der Waals surface area (Å²) in [6.07, 6.45) is 7.13. The van der Waals surface area contributed by atoms with Gasteiger partial charge in [0.05, 0.1) is 6.10 Å². The summed E-state index contributed by atoms with van der Waals surface area (Å²) in [5, 5.41) is 3.59. The van der Waals surface area contributed by atoms with Crippen LogP contribution in [0.15, 0.2) is 12.7 Å². The van der Waals surface area contributed by atoms with E-state index in [4.69, 9.17) is 4.74 Å². The minimum atomic E-state index is -1.46. The highest BCUT2D eigenvalue weighted by Gasteiger charge is 2.13. The van der Waals surface area contributed by atoms with Crippen molar-refractivity contribution < 1.29 is 9.53 Å². The summed E-state index contributed by atoms with van der Waals surface area (Å²) in [6, 6.07) is 0.387. The van der Waals surface area contributed by atoms with Crippen LogP contribution in [0.4, 0.5) is 0 Å². The van der Waals surface area contributed by atoms with Crippen LogP contribution in [-0.4, -0.2) is 43.3 Å². The average Bonchev–Trinajstić information content (AvgIpc) is 2.37. The molecule has 0 aliphatic rings. The van der Waals surface area contributed by atoms with Crippen molar-refractivity contribution in [2.45, 2.75) is 52.2 Å². The van der Waals surface area contributed by atoms with E-state index in [2.05, 4.69) is 45.4 Å². The van der Waals surface area contributed by atoms with E-state index in [0.29, 0.717) is 18.6 Å². The summed E-state index contributed by atoms with van der Waals surface area (Å²) < 4.78 is 5.69. The average molecular weight is 319 g/mol. The molecule has 1 N–H and O–H groups in total. The van der Waals surface area contributed by atoms with Crippen molar-refractivity contribution in [2.24, 2.45) is 0 Å². The maximum absolute atomic E-state index is 11.2. The second-order valence-corrected chi connectivity index (χ2v) is 11.6. The van der Waals surface area contributed by atoms with Gasteiger partial charge in [-0.05, 0) is 45.7 Å². The Morgan fingerprint density at radius 2 is 2.15 bits per heavy atom. The van der Waals surface area contributed by atoms with Crippen LogP contribution in [-0.2, 0) is 9.53 Å². The van der Waals surface area contributed by atoms with Gasteiger partial charge in [0.15, 0.2) is 5.78 Å². The topological polar surface area (TPSA) is 38.3 Å². The first kappa shape index (κ1) is 20.0. The number of allylic oxidation sites excluding steroid dienone is 1. The quantitative estimate of drug-likeness (QED) is 0.436. The number of hydrogen-bond donors (Lipinski definition) is 1. The zero-order valence-electron chi connectivity index (χ0n) is 13.4. The second kappa shape index (κ2) is 10.7. The largest absolute Gasteiger partial charge is 0.378 e. The summed E-state index contributed by atoms with van der Waals surface area (Å²) in [6.45, 7) is 12.8. The molecule has 0 aliphatic heterocycles. The lowest BCUT2D eigenvalue weighted by Crippen LogP contribution is -2.24. The van der Waals surface area contributed by atoms with Crippen LogP contribution in [0.25, 0.3) is 0 Å². The Labute approximate surface area is 128 Å². The molecule has 0 fully saturated rings. The Hall–Kier alpha value is -0.0200. The first-order chi connectivity index (χ1) is 9.30. The van der Waals surface area contributed by atoms with Gasteiger partial charge >= 0.3 is 0 Å². The molecular formula is C15H30NO2PS. The van der Waals surface area contributed by atoms with E-state index in [1.165, 1.54) is 6.08 Å². The maximum atomic E-state index is 11.2. The molecule has 3 atom stereocenters. The van der Waals surface area contributed by atoms with Crippen molar-refractivity contribution in [1.82, 2.24) is 5.09 Å². The molecule has 0 spiro atoms. The fourth-order valence-corrected chi connectivity index (χ4v) is 5.66. The minimum Gasteiger partial charge on any atom is -0.378 e. The number of nitrogens with one attached hydrogen (secondary N) is 1. The van der Waals surface area contributed by atoms with Crippen molar-refractivity contribution in [3.63, 3.8) is 0 Å². The molecule has 3 nitrogen and oxygen atoms in total. The zero-order chi connectivity index (χ0) is 15.6. The number of rotatable bonds is 12. The van der Waals surface area contributed by atoms with E-state index >= 15 is 0 Å². The van der Waals surface area contributed by atoms with Crippen molar-refractivity contribution in [3.05, 3.63) is 12.7 Å². The third kappa shape index (κ3) is 10.7. The molecule has 0 aliphatic carbocycles. The molecule has 0 aromatic rings. The van der Waals surface area contributed by atoms with Crippen molar-refractivity contribution in [2.75, 3.05) is 19.0 Å². The molecule has 0 heterocycles. The lowest BCUT2D eigenvalue weighted by molar-refractivity contribution is -0.114. The van der Waals surface area contributed by atoms with Crippen LogP contribution in [0.2, 0.25) is 0 Å². The van der Waals surface area contributed by atoms with Gasteiger partial charge in [-0.2, -0.15) is 0 Å². The van der Waals surface area contributed by atoms with Crippen LogP contribution in [0.1, 0.15) is 40.0 Å². The Morgan fingerprint density at radius 3 is 2.70 bits per heavy atom. The van der Waals surface area contributed by atoms with Crippen molar-refractivity contribution >= 4 is 29.7 Å². The van der Waals surface area contributed by atoms with Gasteiger partial charge < -0.3 is 4.74 Å². The number of ether oxygens (including phenoxy) is 1. The first-order valence-corrected chi connectivity index (χ1v) is 11.2. The molecule has 0 saturated carbocycles. The monoisotopic (exact) mass is 319 g/mol. The molecule has 20 heavy (non-hydrogen) atoms. The first-order valence-electron chi connectivity index (χ1n) is 7.20. The molecule has 5 heteroatoms. The van der Waals surface area contributed by atoms with Gasteiger partial charge in [-0.1, -0.05) is 19.8 Å². The molecule has 118 valence electrons. The lowest BCUT2D eigenvalue weighted by atomic mass is 10.2. The molecule has 0 rings (SSSR count). The van der Waals surface area contributed by atoms with Gasteiger partial charge in [0, 0.05) is 24.8 Å². The van der Waals surface area contributed by atoms with Crippen LogP contribution in [0.5, 0.6) is 0 Å². The summed E-state index contributed by atoms with van der Waals surface area (Å²) >= 11 is 1.77. The highest BCUT2D eigenvalue weighted by Crippen LogP contribution is 2.51. The van der Waals surface area contributed by atoms with Crippen LogP contribution >= 0.6 is 17.6 Å². The summed E-state index contributed by atoms with van der Waals surface area (Å²) in [7, 11) is 0. The summed E-state index contributed by atoms with van der Waals surface area (Å²) in [5.74, 6) is 0.911. The SMILES string of the molecule is C=CC(=O)CCSP(=C)(C)NC(C)CCOC(C)CC. The Balaban J connectivity index is 3.90. The van der Waals surface area contributed by atoms with Crippen LogP contribution < -0.4 is 5.09 Å². The maximum Gasteiger partial charge on any atom is 0.155 e. The normalized spacial score (nSPS) is 17.2. The third-order valence-corrected chi connectivity index (χ3v) is 7.49. The van der Waals surface area contributed by atoms with E-state index < -0.39 is 6.24 Å². The van der Waals surface area contributed by atoms with E-state index in [0.717, 1.165) is 25.2 Å². The summed E-state index contributed by atoms with van der Waals surface area (Å²) in [4.78, 5) is 11.2. The minimum absolute atomic E-state index is 0.104. The smallest absolute Gasteiger partial charge is 0.155 e. The molecule has 3 unspecified atom stereocenters. The molecule has 0 amide bonds. The van der Waals surface area contributed by atoms with Gasteiger partial charge in [0.1, 0.15) is 0 Å². The van der Waals surface area contributed by atoms with Crippen LogP contribution in [0, 0.1) is 0 Å². The van der Waals surface area contributed by atoms with E-state index in [9.17, 15) is 4.79 Å². The van der Waals surface area contributed by atoms with Crippen LogP contribution in [0.3, 0.4) is 0 Å².